The number of thiophene rings is 10. The Morgan fingerprint density at radius 3 is 1.05 bits per heavy atom. The number of methoxy groups -OCH3 is 1. The number of carbonyl (C=O) groups excluding carboxylic acids is 5. The fraction of sp³-hybridized carbons (Fsp3) is 0.101. The third kappa shape index (κ3) is 22.9. The first-order valence-electron chi connectivity index (χ1n) is 36.6. The van der Waals surface area contributed by atoms with Crippen molar-refractivity contribution in [3.63, 3.8) is 0 Å². The van der Waals surface area contributed by atoms with Crippen molar-refractivity contribution in [3.8, 4) is 58.0 Å². The van der Waals surface area contributed by atoms with Crippen LogP contribution in [0.3, 0.4) is 0 Å². The second kappa shape index (κ2) is 42.0. The maximum absolute atomic E-state index is 12.7. The molecule has 10 aromatic heterocycles. The van der Waals surface area contributed by atoms with Crippen molar-refractivity contribution in [1.29, 1.82) is 0 Å². The van der Waals surface area contributed by atoms with Crippen LogP contribution in [0.1, 0.15) is 145 Å². The number of aromatic carboxylic acids is 5. The topological polar surface area (TPSA) is 341 Å². The van der Waals surface area contributed by atoms with E-state index in [0.717, 1.165) is 83.3 Å². The van der Waals surface area contributed by atoms with Gasteiger partial charge in [0.2, 0.25) is 0 Å². The molecule has 0 fully saturated rings. The first-order chi connectivity index (χ1) is 59.9. The molecule has 126 heavy (non-hydrogen) atoms. The van der Waals surface area contributed by atoms with Crippen molar-refractivity contribution in [3.05, 3.63) is 305 Å². The van der Waals surface area contributed by atoms with Crippen molar-refractivity contribution in [2.24, 2.45) is 0 Å². The SMILES string of the molecule is COc1c(C(=O)Nc2csc(-c3ccc(Cl)cc3)c2C(=O)O)csc1C.Cc1cc(C(=O)Nc2csc(-c3ccc(Cl)cc3)c2C(=O)O)c(Cl)s1.Cc1ccc(-c2scc(NC(=O)c3sccc3C)c2C(=O)O)cc1.Cc1ccc(-c2scc(NC(=O)c3sccc3C)c2C(=O)O)cc1C.O=C(Nc1csc(-c2ccc(C(F)(F)F)cc2)c1C(=O)O)c1cccs1. The van der Waals surface area contributed by atoms with Crippen LogP contribution in [0.5, 0.6) is 5.75 Å². The van der Waals surface area contributed by atoms with E-state index in [2.05, 4.69) is 26.6 Å². The van der Waals surface area contributed by atoms with Crippen LogP contribution in [0.25, 0.3) is 52.2 Å². The molecule has 15 rings (SSSR count). The molecule has 15 aromatic rings. The molecular weight excluding hydrogens is 1880 g/mol. The molecule has 37 heteroatoms. The molecule has 0 saturated heterocycles. The van der Waals surface area contributed by atoms with Gasteiger partial charge in [-0.05, 0) is 175 Å². The van der Waals surface area contributed by atoms with E-state index in [1.54, 1.807) is 99.0 Å². The molecular formula is C89H67Cl3F3N5O16S10. The smallest absolute Gasteiger partial charge is 0.416 e. The summed E-state index contributed by atoms with van der Waals surface area (Å²) < 4.78 is 43.7. The van der Waals surface area contributed by atoms with Gasteiger partial charge >= 0.3 is 36.0 Å². The normalized spacial score (nSPS) is 10.8. The van der Waals surface area contributed by atoms with E-state index < -0.39 is 59.3 Å². The molecule has 5 amide bonds. The summed E-state index contributed by atoms with van der Waals surface area (Å²) in [7, 11) is 1.50. The number of halogens is 6. The van der Waals surface area contributed by atoms with E-state index in [9.17, 15) is 86.6 Å². The number of carboxylic acids is 5. The van der Waals surface area contributed by atoms with Crippen LogP contribution >= 0.6 is 148 Å². The highest BCUT2D eigenvalue weighted by Gasteiger charge is 2.32. The number of nitrogens with one attached hydrogen (secondary N) is 5. The second-order valence-electron chi connectivity index (χ2n) is 26.9. The summed E-state index contributed by atoms with van der Waals surface area (Å²) >= 11 is 30.6. The highest BCUT2D eigenvalue weighted by atomic mass is 35.5. The molecule has 10 heterocycles. The average Bonchev–Trinajstić information content (AvgIpc) is 1.67. The predicted molar refractivity (Wildman–Crippen MR) is 505 cm³/mol. The van der Waals surface area contributed by atoms with E-state index in [1.165, 1.54) is 127 Å². The summed E-state index contributed by atoms with van der Waals surface area (Å²) in [5.41, 5.74) is 9.94. The fourth-order valence-corrected chi connectivity index (χ4v) is 21.5. The van der Waals surface area contributed by atoms with Crippen molar-refractivity contribution >= 4 is 236 Å². The molecule has 0 spiro atoms. The van der Waals surface area contributed by atoms with Gasteiger partial charge < -0.3 is 56.9 Å². The van der Waals surface area contributed by atoms with Gasteiger partial charge in [-0.2, -0.15) is 13.2 Å². The molecule has 0 unspecified atom stereocenters. The minimum absolute atomic E-state index is 0.0451. The number of rotatable bonds is 21. The Hall–Kier alpha value is -11.7. The van der Waals surface area contributed by atoms with Crippen LogP contribution in [0.2, 0.25) is 14.4 Å². The summed E-state index contributed by atoms with van der Waals surface area (Å²) in [4.78, 5) is 127. The van der Waals surface area contributed by atoms with E-state index >= 15 is 0 Å². The lowest BCUT2D eigenvalue weighted by atomic mass is 10.0. The number of ether oxygens (including phenoxy) is 1. The highest BCUT2D eigenvalue weighted by Crippen LogP contribution is 2.44. The Kier molecular flexibility index (Phi) is 31.7. The number of carbonyl (C=O) groups is 10. The third-order valence-electron chi connectivity index (χ3n) is 18.3. The second-order valence-corrected chi connectivity index (χ2v) is 37.9. The summed E-state index contributed by atoms with van der Waals surface area (Å²) in [6, 6.07) is 40.2. The van der Waals surface area contributed by atoms with Crippen molar-refractivity contribution in [2.45, 2.75) is 54.6 Å². The van der Waals surface area contributed by atoms with Gasteiger partial charge in [0.25, 0.3) is 29.5 Å². The number of anilines is 5. The quantitative estimate of drug-likeness (QED) is 0.0319. The lowest BCUT2D eigenvalue weighted by Gasteiger charge is -2.08. The highest BCUT2D eigenvalue weighted by molar-refractivity contribution is 7.17. The molecule has 0 aliphatic rings. The maximum atomic E-state index is 12.7. The number of hydrogen-bond acceptors (Lipinski definition) is 21. The van der Waals surface area contributed by atoms with Crippen LogP contribution < -0.4 is 31.3 Å². The largest absolute Gasteiger partial charge is 0.495 e. The summed E-state index contributed by atoms with van der Waals surface area (Å²) in [5, 5.41) is 77.7. The molecule has 10 N–H and O–H groups in total. The van der Waals surface area contributed by atoms with Crippen molar-refractivity contribution in [2.75, 3.05) is 33.7 Å². The van der Waals surface area contributed by atoms with Crippen molar-refractivity contribution in [1.82, 2.24) is 0 Å². The Balaban J connectivity index is 0.000000153. The Bertz CT molecular complexity index is 6590. The van der Waals surface area contributed by atoms with E-state index in [4.69, 9.17) is 39.5 Å². The van der Waals surface area contributed by atoms with Crippen LogP contribution in [-0.2, 0) is 6.18 Å². The minimum atomic E-state index is -4.47. The van der Waals surface area contributed by atoms with Gasteiger partial charge in [-0.3, -0.25) is 24.0 Å². The van der Waals surface area contributed by atoms with Gasteiger partial charge in [-0.15, -0.1) is 113 Å². The van der Waals surface area contributed by atoms with Crippen LogP contribution in [0.4, 0.5) is 41.6 Å². The molecule has 5 aromatic carbocycles. The number of alkyl halides is 3. The zero-order valence-corrected chi connectivity index (χ0v) is 77.1. The lowest BCUT2D eigenvalue weighted by Crippen LogP contribution is -2.14. The number of benzene rings is 5. The molecule has 0 radical (unpaired) electrons. The van der Waals surface area contributed by atoms with Gasteiger partial charge in [0, 0.05) is 52.1 Å². The lowest BCUT2D eigenvalue weighted by molar-refractivity contribution is -0.137. The average molecular weight is 1950 g/mol. The van der Waals surface area contributed by atoms with Gasteiger partial charge in [0.15, 0.2) is 0 Å². The van der Waals surface area contributed by atoms with Gasteiger partial charge in [0.1, 0.15) is 37.9 Å². The summed E-state index contributed by atoms with van der Waals surface area (Å²) in [5.74, 6) is -6.95. The molecule has 0 aliphatic carbocycles. The number of aryl methyl sites for hydroxylation is 7. The first kappa shape index (κ1) is 94.9. The van der Waals surface area contributed by atoms with E-state index in [1.807, 2.05) is 114 Å². The predicted octanol–water partition coefficient (Wildman–Crippen LogP) is 27.3. The molecule has 0 atom stereocenters. The fourth-order valence-electron chi connectivity index (χ4n) is 12.0. The number of carboxylic acid groups (broad SMARTS) is 5. The third-order valence-corrected chi connectivity index (χ3v) is 29.1. The molecule has 646 valence electrons. The van der Waals surface area contributed by atoms with E-state index in [-0.39, 0.29) is 61.6 Å². The molecule has 0 aliphatic heterocycles. The minimum Gasteiger partial charge on any atom is -0.495 e. The number of amides is 5. The van der Waals surface area contributed by atoms with Crippen LogP contribution in [0, 0.1) is 48.5 Å². The number of hydrogen-bond donors (Lipinski definition) is 10. The Labute approximate surface area is 771 Å². The maximum Gasteiger partial charge on any atom is 0.416 e. The molecule has 0 bridgehead atoms. The van der Waals surface area contributed by atoms with Gasteiger partial charge in [-0.1, -0.05) is 125 Å². The van der Waals surface area contributed by atoms with Gasteiger partial charge in [-0.25, -0.2) is 24.0 Å². The van der Waals surface area contributed by atoms with Crippen LogP contribution in [-0.4, -0.2) is 92.0 Å². The van der Waals surface area contributed by atoms with Crippen molar-refractivity contribution < 1.29 is 91.4 Å². The molecule has 0 saturated carbocycles. The van der Waals surface area contributed by atoms with Gasteiger partial charge in [0.05, 0.1) is 91.3 Å². The standard InChI is InChI=1S/C19H17NO3S2.C18H14ClNO4S2.C18H15NO3S2.C17H11Cl2NO3S2.C17H10F3NO3S2/c1-10-4-5-13(8-12(10)3)17-15(19(22)23)14(9-25-17)20-18(21)16-11(2)6-7-24-16;1-9-15(24-2)12(7-25-9)17(21)20-13-8-26-16(14(13)18(22)23)10-3-5-11(19)6-4-10;1-10-3-5-12(6-4-10)16-14(18(21)22)13(9-24-16)19-17(20)15-11(2)7-8-23-15;1-8-6-11(15(19)25-8)16(21)20-12-7-24-14(13(12)17(22)23)9-2-4-10(18)5-3-9;18-17(19,20)10-5-3-9(4-6-10)14-13(16(23)24)11(8-26-14)21-15(22)12-2-1-7-25-12/h4-9H,1-3H3,(H,20,21)(H,22,23);3-8H,1-2H3,(H,20,21)(H,22,23);3-9H,1-2H3,(H,19,20)(H,21,22);2-7H,1H3,(H,20,21)(H,22,23);1-8H,(H,21,22)(H,23,24). The Morgan fingerprint density at radius 1 is 0.357 bits per heavy atom. The van der Waals surface area contributed by atoms with E-state index in [0.29, 0.717) is 82.3 Å². The van der Waals surface area contributed by atoms with Crippen LogP contribution in [0.15, 0.2) is 194 Å². The Morgan fingerprint density at radius 2 is 0.714 bits per heavy atom. The zero-order valence-electron chi connectivity index (χ0n) is 66.6. The monoisotopic (exact) mass is 1940 g/mol. The molecule has 21 nitrogen and oxygen atoms in total. The summed E-state index contributed by atoms with van der Waals surface area (Å²) in [6.07, 6.45) is -4.47. The first-order valence-corrected chi connectivity index (χ1v) is 46.4. The zero-order chi connectivity index (χ0) is 91.3. The summed E-state index contributed by atoms with van der Waals surface area (Å²) in [6.45, 7) is 13.4.